The number of rotatable bonds is 1. The van der Waals surface area contributed by atoms with Crippen LogP contribution in [-0.4, -0.2) is 42.8 Å². The average Bonchev–Trinajstić information content (AvgIpc) is 2.54. The van der Waals surface area contributed by atoms with Crippen LogP contribution >= 0.6 is 0 Å². The van der Waals surface area contributed by atoms with Gasteiger partial charge in [0.25, 0.3) is 0 Å². The lowest BCUT2D eigenvalue weighted by atomic mass is 10.1. The Labute approximate surface area is 147 Å². The molecular weight excluding hydrogens is 320 g/mol. The number of fused-ring (bicyclic) bond motifs is 1. The summed E-state index contributed by atoms with van der Waals surface area (Å²) in [6, 6.07) is 7.12. The van der Waals surface area contributed by atoms with E-state index in [0.29, 0.717) is 43.0 Å². The van der Waals surface area contributed by atoms with Gasteiger partial charge in [-0.3, -0.25) is 4.79 Å². The lowest BCUT2D eigenvalue weighted by Crippen LogP contribution is -2.50. The fraction of sp³-hybridized carbons (Fsp3) is 0.474. The predicted octanol–water partition coefficient (Wildman–Crippen LogP) is 3.16. The van der Waals surface area contributed by atoms with E-state index in [1.54, 1.807) is 4.90 Å². The van der Waals surface area contributed by atoms with Gasteiger partial charge in [-0.25, -0.2) is 4.79 Å². The number of carbonyl (C=O) groups is 1. The smallest absolute Gasteiger partial charge is 0.410 e. The molecule has 0 unspecified atom stereocenters. The maximum Gasteiger partial charge on any atom is 0.410 e. The van der Waals surface area contributed by atoms with E-state index in [1.807, 2.05) is 50.8 Å². The molecule has 2 heterocycles. The molecule has 25 heavy (non-hydrogen) atoms. The zero-order chi connectivity index (χ0) is 18.2. The quantitative estimate of drug-likeness (QED) is 0.795. The maximum atomic E-state index is 12.4. The molecule has 0 radical (unpaired) electrons. The molecule has 1 aliphatic rings. The van der Waals surface area contributed by atoms with Gasteiger partial charge in [0.15, 0.2) is 11.3 Å². The van der Waals surface area contributed by atoms with Crippen molar-refractivity contribution >= 4 is 22.9 Å². The van der Waals surface area contributed by atoms with Crippen LogP contribution in [0.15, 0.2) is 33.5 Å². The van der Waals surface area contributed by atoms with E-state index in [1.165, 1.54) is 6.07 Å². The monoisotopic (exact) mass is 344 g/mol. The van der Waals surface area contributed by atoms with Crippen LogP contribution in [0, 0.1) is 6.92 Å². The Bertz CT molecular complexity index is 843. The number of anilines is 1. The van der Waals surface area contributed by atoms with Crippen LogP contribution in [0.1, 0.15) is 26.3 Å². The zero-order valence-electron chi connectivity index (χ0n) is 15.2. The van der Waals surface area contributed by atoms with Crippen molar-refractivity contribution in [3.63, 3.8) is 0 Å². The second-order valence-corrected chi connectivity index (χ2v) is 7.40. The Kier molecular flexibility index (Phi) is 4.45. The third kappa shape index (κ3) is 3.95. The van der Waals surface area contributed by atoms with Gasteiger partial charge in [-0.2, -0.15) is 0 Å². The van der Waals surface area contributed by atoms with Gasteiger partial charge in [0.2, 0.25) is 0 Å². The van der Waals surface area contributed by atoms with E-state index in [4.69, 9.17) is 9.15 Å². The third-order valence-electron chi connectivity index (χ3n) is 4.11. The number of ether oxygens (including phenoxy) is 1. The Morgan fingerprint density at radius 3 is 2.44 bits per heavy atom. The van der Waals surface area contributed by atoms with Crippen LogP contribution in [0.3, 0.4) is 0 Å². The summed E-state index contributed by atoms with van der Waals surface area (Å²) in [5, 5.41) is 0.594. The largest absolute Gasteiger partial charge is 0.444 e. The Hall–Kier alpha value is -2.50. The topological polar surface area (TPSA) is 63.0 Å². The number of aryl methyl sites for hydroxylation is 1. The molecule has 1 amide bonds. The first-order chi connectivity index (χ1) is 11.7. The molecule has 0 aliphatic carbocycles. The van der Waals surface area contributed by atoms with Crippen molar-refractivity contribution in [1.82, 2.24) is 4.90 Å². The van der Waals surface area contributed by atoms with Crippen LogP contribution in [0.25, 0.3) is 11.0 Å². The SMILES string of the molecule is Cc1ccc2oc(N3CCN(C(=O)OC(C)(C)C)CC3)cc(=O)c2c1. The highest BCUT2D eigenvalue weighted by atomic mass is 16.6. The maximum absolute atomic E-state index is 12.4. The number of carbonyl (C=O) groups excluding carboxylic acids is 1. The summed E-state index contributed by atoms with van der Waals surface area (Å²) >= 11 is 0. The van der Waals surface area contributed by atoms with E-state index in [2.05, 4.69) is 0 Å². The standard InChI is InChI=1S/C19H24N2O4/c1-13-5-6-16-14(11-13)15(22)12-17(24-16)20-7-9-21(10-8-20)18(23)25-19(2,3)4/h5-6,11-12H,7-10H2,1-4H3. The highest BCUT2D eigenvalue weighted by molar-refractivity contribution is 5.78. The lowest BCUT2D eigenvalue weighted by molar-refractivity contribution is 0.0239. The second-order valence-electron chi connectivity index (χ2n) is 7.40. The second kappa shape index (κ2) is 6.43. The predicted molar refractivity (Wildman–Crippen MR) is 97.2 cm³/mol. The molecule has 0 atom stereocenters. The molecule has 0 spiro atoms. The fourth-order valence-electron chi connectivity index (χ4n) is 2.85. The molecule has 3 rings (SSSR count). The molecule has 134 valence electrons. The van der Waals surface area contributed by atoms with Crippen molar-refractivity contribution in [2.75, 3.05) is 31.1 Å². The van der Waals surface area contributed by atoms with E-state index >= 15 is 0 Å². The number of hydrogen-bond donors (Lipinski definition) is 0. The van der Waals surface area contributed by atoms with Crippen LogP contribution in [-0.2, 0) is 4.74 Å². The summed E-state index contributed by atoms with van der Waals surface area (Å²) in [5.41, 5.74) is 1.06. The molecule has 0 bridgehead atoms. The summed E-state index contributed by atoms with van der Waals surface area (Å²) in [4.78, 5) is 28.2. The number of hydrogen-bond acceptors (Lipinski definition) is 5. The highest BCUT2D eigenvalue weighted by Crippen LogP contribution is 2.21. The van der Waals surface area contributed by atoms with Gasteiger partial charge in [0.1, 0.15) is 11.2 Å². The minimum absolute atomic E-state index is 0.0467. The summed E-state index contributed by atoms with van der Waals surface area (Å²) in [7, 11) is 0. The van der Waals surface area contributed by atoms with Crippen molar-refractivity contribution in [2.24, 2.45) is 0 Å². The molecule has 1 aromatic heterocycles. The van der Waals surface area contributed by atoms with Crippen LogP contribution in [0.4, 0.5) is 10.7 Å². The van der Waals surface area contributed by atoms with Gasteiger partial charge in [0, 0.05) is 32.2 Å². The molecular formula is C19H24N2O4. The van der Waals surface area contributed by atoms with E-state index < -0.39 is 5.60 Å². The van der Waals surface area contributed by atoms with Gasteiger partial charge < -0.3 is 19.0 Å². The number of piperazine rings is 1. The molecule has 0 saturated carbocycles. The molecule has 1 aliphatic heterocycles. The Morgan fingerprint density at radius 2 is 1.80 bits per heavy atom. The van der Waals surface area contributed by atoms with Crippen LogP contribution in [0.2, 0.25) is 0 Å². The summed E-state index contributed by atoms with van der Waals surface area (Å²) < 4.78 is 11.3. The van der Waals surface area contributed by atoms with Gasteiger partial charge in [-0.1, -0.05) is 11.6 Å². The average molecular weight is 344 g/mol. The van der Waals surface area contributed by atoms with E-state index in [9.17, 15) is 9.59 Å². The first-order valence-corrected chi connectivity index (χ1v) is 8.50. The van der Waals surface area contributed by atoms with Crippen LogP contribution in [0.5, 0.6) is 0 Å². The van der Waals surface area contributed by atoms with Gasteiger partial charge in [0.05, 0.1) is 5.39 Å². The van der Waals surface area contributed by atoms with Crippen molar-refractivity contribution < 1.29 is 13.9 Å². The number of amides is 1. The minimum Gasteiger partial charge on any atom is -0.444 e. The van der Waals surface area contributed by atoms with Crippen LogP contribution < -0.4 is 10.3 Å². The molecule has 6 nitrogen and oxygen atoms in total. The normalized spacial score (nSPS) is 15.5. The molecule has 1 aromatic carbocycles. The fourth-order valence-corrected chi connectivity index (χ4v) is 2.85. The summed E-state index contributed by atoms with van der Waals surface area (Å²) in [5.74, 6) is 0.546. The van der Waals surface area contributed by atoms with E-state index in [-0.39, 0.29) is 11.5 Å². The van der Waals surface area contributed by atoms with Crippen molar-refractivity contribution in [2.45, 2.75) is 33.3 Å². The number of nitrogens with zero attached hydrogens (tertiary/aromatic N) is 2. The van der Waals surface area contributed by atoms with Gasteiger partial charge in [-0.05, 0) is 39.8 Å². The first-order valence-electron chi connectivity index (χ1n) is 8.50. The van der Waals surface area contributed by atoms with Gasteiger partial charge in [-0.15, -0.1) is 0 Å². The molecule has 1 fully saturated rings. The third-order valence-corrected chi connectivity index (χ3v) is 4.11. The van der Waals surface area contributed by atoms with Crippen molar-refractivity contribution in [3.05, 3.63) is 40.1 Å². The summed E-state index contributed by atoms with van der Waals surface area (Å²) in [6.45, 7) is 9.77. The van der Waals surface area contributed by atoms with Crippen molar-refractivity contribution in [1.29, 1.82) is 0 Å². The first kappa shape index (κ1) is 17.3. The Balaban J connectivity index is 1.73. The summed E-state index contributed by atoms with van der Waals surface area (Å²) in [6.07, 6.45) is -0.303. The van der Waals surface area contributed by atoms with Gasteiger partial charge >= 0.3 is 6.09 Å². The van der Waals surface area contributed by atoms with E-state index in [0.717, 1.165) is 5.56 Å². The minimum atomic E-state index is -0.502. The zero-order valence-corrected chi connectivity index (χ0v) is 15.2. The molecule has 2 aromatic rings. The highest BCUT2D eigenvalue weighted by Gasteiger charge is 2.26. The van der Waals surface area contributed by atoms with Crippen molar-refractivity contribution in [3.8, 4) is 0 Å². The molecule has 1 saturated heterocycles. The molecule has 0 N–H and O–H groups in total. The lowest BCUT2D eigenvalue weighted by Gasteiger charge is -2.35. The molecule has 6 heteroatoms. The number of benzene rings is 1. The Morgan fingerprint density at radius 1 is 1.12 bits per heavy atom.